The quantitative estimate of drug-likeness (QED) is 0.836. The van der Waals surface area contributed by atoms with Gasteiger partial charge < -0.3 is 5.32 Å². The van der Waals surface area contributed by atoms with E-state index >= 15 is 0 Å². The number of rotatable bonds is 5. The van der Waals surface area contributed by atoms with Crippen molar-refractivity contribution in [2.75, 3.05) is 6.54 Å². The fourth-order valence-corrected chi connectivity index (χ4v) is 2.63. The Bertz CT molecular complexity index is 424. The van der Waals surface area contributed by atoms with Crippen molar-refractivity contribution in [1.82, 2.24) is 5.32 Å². The first-order valence-corrected chi connectivity index (χ1v) is 6.84. The lowest BCUT2D eigenvalue weighted by atomic mass is 9.89. The van der Waals surface area contributed by atoms with Gasteiger partial charge in [-0.25, -0.2) is 0 Å². The molecule has 0 aromatic heterocycles. The fourth-order valence-electron chi connectivity index (χ4n) is 2.63. The van der Waals surface area contributed by atoms with Crippen LogP contribution in [0.25, 0.3) is 0 Å². The summed E-state index contributed by atoms with van der Waals surface area (Å²) in [5.74, 6) is 1.03. The van der Waals surface area contributed by atoms with Crippen LogP contribution in [0.2, 0.25) is 0 Å². The first-order valence-electron chi connectivity index (χ1n) is 6.84. The van der Waals surface area contributed by atoms with Crippen LogP contribution >= 0.6 is 0 Å². The number of hydrogen-bond donors (Lipinski definition) is 1. The number of hydrogen-bond acceptors (Lipinski definition) is 1. The van der Waals surface area contributed by atoms with Gasteiger partial charge in [0.05, 0.1) is 5.56 Å². The van der Waals surface area contributed by atoms with Crippen LogP contribution in [0.3, 0.4) is 0 Å². The van der Waals surface area contributed by atoms with Gasteiger partial charge in [-0.1, -0.05) is 26.0 Å². The smallest absolute Gasteiger partial charge is 0.310 e. The summed E-state index contributed by atoms with van der Waals surface area (Å²) in [6, 6.07) is 5.73. The Morgan fingerprint density at radius 1 is 1.32 bits per heavy atom. The van der Waals surface area contributed by atoms with Gasteiger partial charge in [0.2, 0.25) is 0 Å². The molecule has 2 unspecified atom stereocenters. The van der Waals surface area contributed by atoms with Gasteiger partial charge in [0.1, 0.15) is 0 Å². The maximum absolute atomic E-state index is 12.8. The predicted molar refractivity (Wildman–Crippen MR) is 69.7 cm³/mol. The zero-order valence-electron chi connectivity index (χ0n) is 11.3. The molecular weight excluding hydrogens is 251 g/mol. The van der Waals surface area contributed by atoms with E-state index in [-0.39, 0.29) is 6.04 Å². The van der Waals surface area contributed by atoms with E-state index in [4.69, 9.17) is 0 Å². The van der Waals surface area contributed by atoms with Gasteiger partial charge in [0.15, 0.2) is 0 Å². The Morgan fingerprint density at radius 3 is 2.53 bits per heavy atom. The van der Waals surface area contributed by atoms with Gasteiger partial charge in [-0.2, -0.15) is 13.2 Å². The van der Waals surface area contributed by atoms with Gasteiger partial charge >= 0.3 is 6.18 Å². The topological polar surface area (TPSA) is 12.0 Å². The average molecular weight is 271 g/mol. The molecule has 1 nitrogen and oxygen atoms in total. The minimum absolute atomic E-state index is 0.0137. The number of benzene rings is 1. The monoisotopic (exact) mass is 271 g/mol. The largest absolute Gasteiger partial charge is 0.416 e. The van der Waals surface area contributed by atoms with Gasteiger partial charge in [-0.3, -0.25) is 0 Å². The molecule has 4 heteroatoms. The predicted octanol–water partition coefficient (Wildman–Crippen LogP) is 4.40. The Hall–Kier alpha value is -1.03. The molecule has 1 saturated carbocycles. The second kappa shape index (κ2) is 5.53. The van der Waals surface area contributed by atoms with Crippen molar-refractivity contribution in [3.8, 4) is 0 Å². The van der Waals surface area contributed by atoms with Crippen LogP contribution in [0.5, 0.6) is 0 Å². The molecule has 1 aromatic rings. The third-order valence-electron chi connectivity index (χ3n) is 3.89. The summed E-state index contributed by atoms with van der Waals surface area (Å²) in [6.45, 7) is 4.88. The van der Waals surface area contributed by atoms with Crippen molar-refractivity contribution >= 4 is 0 Å². The maximum atomic E-state index is 12.8. The third-order valence-corrected chi connectivity index (χ3v) is 3.89. The number of halogens is 3. The molecule has 1 fully saturated rings. The molecule has 2 atom stereocenters. The second-order valence-electron chi connectivity index (χ2n) is 5.36. The highest BCUT2D eigenvalue weighted by molar-refractivity contribution is 5.28. The molecule has 1 aliphatic rings. The van der Waals surface area contributed by atoms with Crippen molar-refractivity contribution in [2.24, 2.45) is 11.8 Å². The summed E-state index contributed by atoms with van der Waals surface area (Å²) in [5.41, 5.74) is 0.187. The molecule has 2 rings (SSSR count). The van der Waals surface area contributed by atoms with E-state index in [0.717, 1.165) is 18.2 Å². The first kappa shape index (κ1) is 14.4. The van der Waals surface area contributed by atoms with E-state index in [2.05, 4.69) is 12.2 Å². The van der Waals surface area contributed by atoms with E-state index in [1.807, 2.05) is 6.92 Å². The van der Waals surface area contributed by atoms with Crippen molar-refractivity contribution in [3.63, 3.8) is 0 Å². The van der Waals surface area contributed by atoms with Crippen LogP contribution in [0.4, 0.5) is 13.2 Å². The highest BCUT2D eigenvalue weighted by Crippen LogP contribution is 2.43. The molecule has 19 heavy (non-hydrogen) atoms. The lowest BCUT2D eigenvalue weighted by molar-refractivity contribution is -0.137. The Morgan fingerprint density at radius 2 is 2.00 bits per heavy atom. The summed E-state index contributed by atoms with van der Waals surface area (Å²) in [7, 11) is 0. The Labute approximate surface area is 112 Å². The normalized spacial score (nSPS) is 19.2. The molecule has 0 bridgehead atoms. The molecule has 1 aliphatic carbocycles. The molecule has 1 N–H and O–H groups in total. The number of alkyl halides is 3. The minimum Gasteiger partial charge on any atom is -0.310 e. The van der Waals surface area contributed by atoms with E-state index < -0.39 is 11.7 Å². The van der Waals surface area contributed by atoms with Gasteiger partial charge in [0, 0.05) is 6.04 Å². The molecule has 0 radical (unpaired) electrons. The molecule has 106 valence electrons. The van der Waals surface area contributed by atoms with Crippen molar-refractivity contribution in [3.05, 3.63) is 35.4 Å². The van der Waals surface area contributed by atoms with Crippen molar-refractivity contribution in [2.45, 2.75) is 38.9 Å². The zero-order valence-corrected chi connectivity index (χ0v) is 11.3. The number of nitrogens with one attached hydrogen (secondary N) is 1. The van der Waals surface area contributed by atoms with Gasteiger partial charge in [-0.05, 0) is 48.9 Å². The molecule has 0 saturated heterocycles. The lowest BCUT2D eigenvalue weighted by Gasteiger charge is -2.26. The summed E-state index contributed by atoms with van der Waals surface area (Å²) >= 11 is 0. The molecule has 0 aliphatic heterocycles. The van der Waals surface area contributed by atoms with E-state index in [0.29, 0.717) is 11.8 Å². The van der Waals surface area contributed by atoms with Crippen LogP contribution in [0, 0.1) is 11.8 Å². The van der Waals surface area contributed by atoms with Gasteiger partial charge in [0.25, 0.3) is 0 Å². The highest BCUT2D eigenvalue weighted by atomic mass is 19.4. The summed E-state index contributed by atoms with van der Waals surface area (Å²) < 4.78 is 38.3. The molecule has 1 aromatic carbocycles. The van der Waals surface area contributed by atoms with Crippen LogP contribution in [-0.4, -0.2) is 6.54 Å². The molecule has 0 heterocycles. The van der Waals surface area contributed by atoms with Gasteiger partial charge in [-0.15, -0.1) is 0 Å². The van der Waals surface area contributed by atoms with Crippen LogP contribution in [0.1, 0.15) is 43.9 Å². The van der Waals surface area contributed by atoms with Crippen LogP contribution in [0.15, 0.2) is 24.3 Å². The zero-order chi connectivity index (χ0) is 14.0. The second-order valence-corrected chi connectivity index (χ2v) is 5.36. The Balaban J connectivity index is 2.25. The Kier molecular flexibility index (Phi) is 4.19. The summed E-state index contributed by atoms with van der Waals surface area (Å²) in [6.07, 6.45) is -1.88. The van der Waals surface area contributed by atoms with Crippen LogP contribution < -0.4 is 5.32 Å². The van der Waals surface area contributed by atoms with Crippen LogP contribution in [-0.2, 0) is 6.18 Å². The molecular formula is C15H20F3N. The minimum atomic E-state index is -4.27. The highest BCUT2D eigenvalue weighted by Gasteiger charge is 2.35. The first-order chi connectivity index (χ1) is 8.93. The van der Waals surface area contributed by atoms with E-state index in [9.17, 15) is 13.2 Å². The molecule has 0 spiro atoms. The van der Waals surface area contributed by atoms with Crippen molar-refractivity contribution < 1.29 is 13.2 Å². The van der Waals surface area contributed by atoms with Crippen molar-refractivity contribution in [1.29, 1.82) is 0 Å². The summed E-state index contributed by atoms with van der Waals surface area (Å²) in [5, 5.41) is 3.33. The van der Waals surface area contributed by atoms with E-state index in [1.54, 1.807) is 6.07 Å². The average Bonchev–Trinajstić information content (AvgIpc) is 3.18. The standard InChI is InChI=1S/C15H20F3N/c1-3-19-14(10(2)11-7-8-11)12-5-4-6-13(9-12)15(16,17)18/h4-6,9-11,14,19H,3,7-8H2,1-2H3. The summed E-state index contributed by atoms with van der Waals surface area (Å²) in [4.78, 5) is 0. The van der Waals surface area contributed by atoms with E-state index in [1.165, 1.54) is 25.0 Å². The third kappa shape index (κ3) is 3.50. The maximum Gasteiger partial charge on any atom is 0.416 e. The molecule has 0 amide bonds. The lowest BCUT2D eigenvalue weighted by Crippen LogP contribution is -2.28. The fraction of sp³-hybridized carbons (Fsp3) is 0.600. The SMILES string of the molecule is CCNC(c1cccc(C(F)(F)F)c1)C(C)C1CC1.